The van der Waals surface area contributed by atoms with Crippen molar-refractivity contribution in [2.75, 3.05) is 11.9 Å². The van der Waals surface area contributed by atoms with E-state index in [1.807, 2.05) is 36.4 Å². The molecule has 1 heterocycles. The average Bonchev–Trinajstić information content (AvgIpc) is 3.17. The van der Waals surface area contributed by atoms with Crippen LogP contribution in [-0.2, 0) is 11.2 Å². The summed E-state index contributed by atoms with van der Waals surface area (Å²) in [5.74, 6) is 0.761. The van der Waals surface area contributed by atoms with Crippen LogP contribution in [0.15, 0.2) is 69.6 Å². The third kappa shape index (κ3) is 6.45. The number of benzene rings is 3. The molecular formula is C23H16BrCl2N3O3S. The Bertz CT molecular complexity index is 1310. The van der Waals surface area contributed by atoms with E-state index in [1.54, 1.807) is 24.3 Å². The quantitative estimate of drug-likeness (QED) is 0.265. The minimum Gasteiger partial charge on any atom is -0.484 e. The fourth-order valence-electron chi connectivity index (χ4n) is 2.97. The smallest absolute Gasteiger partial charge is 0.264 e. The summed E-state index contributed by atoms with van der Waals surface area (Å²) in [5, 5.41) is 6.67. The number of carbonyl (C=O) groups is 1. The first-order chi connectivity index (χ1) is 15.9. The van der Waals surface area contributed by atoms with Gasteiger partial charge in [0.2, 0.25) is 0 Å². The van der Waals surface area contributed by atoms with Crippen LogP contribution in [-0.4, -0.2) is 22.6 Å². The Kier molecular flexibility index (Phi) is 7.49. The monoisotopic (exact) mass is 563 g/mol. The van der Waals surface area contributed by atoms with E-state index in [1.165, 1.54) is 0 Å². The van der Waals surface area contributed by atoms with Gasteiger partial charge in [0.15, 0.2) is 23.2 Å². The highest BCUT2D eigenvalue weighted by atomic mass is 79.9. The molecule has 1 aromatic heterocycles. The molecule has 4 rings (SSSR count). The van der Waals surface area contributed by atoms with E-state index in [0.717, 1.165) is 15.7 Å². The summed E-state index contributed by atoms with van der Waals surface area (Å²) in [6, 6.07) is 18.0. The Morgan fingerprint density at radius 3 is 2.55 bits per heavy atom. The van der Waals surface area contributed by atoms with Crippen LogP contribution in [0.3, 0.4) is 0 Å². The summed E-state index contributed by atoms with van der Waals surface area (Å²) >= 11 is 20.7. The van der Waals surface area contributed by atoms with Crippen molar-refractivity contribution in [3.05, 3.63) is 86.6 Å². The number of rotatable bonds is 6. The van der Waals surface area contributed by atoms with E-state index >= 15 is 0 Å². The number of hydrogen-bond donors (Lipinski definition) is 2. The summed E-state index contributed by atoms with van der Waals surface area (Å²) in [6.07, 6.45) is 0.484. The molecule has 6 nitrogen and oxygen atoms in total. The van der Waals surface area contributed by atoms with Crippen molar-refractivity contribution in [3.63, 3.8) is 0 Å². The Labute approximate surface area is 213 Å². The van der Waals surface area contributed by atoms with Crippen LogP contribution in [0, 0.1) is 0 Å². The maximum Gasteiger partial charge on any atom is 0.264 e. The van der Waals surface area contributed by atoms with Crippen LogP contribution in [0.1, 0.15) is 11.5 Å². The lowest BCUT2D eigenvalue weighted by molar-refractivity contribution is -0.121. The number of oxazole rings is 1. The second-order valence-corrected chi connectivity index (χ2v) is 9.13. The number of carbonyl (C=O) groups excluding carboxylic acids is 1. The number of nitrogens with zero attached hydrogens (tertiary/aromatic N) is 1. The molecule has 0 atom stereocenters. The minimum atomic E-state index is -0.359. The van der Waals surface area contributed by atoms with Gasteiger partial charge in [0.25, 0.3) is 5.91 Å². The first-order valence-electron chi connectivity index (χ1n) is 9.68. The Morgan fingerprint density at radius 2 is 1.82 bits per heavy atom. The molecule has 0 saturated carbocycles. The van der Waals surface area contributed by atoms with Gasteiger partial charge in [0.05, 0.1) is 5.02 Å². The van der Waals surface area contributed by atoms with E-state index in [-0.39, 0.29) is 17.6 Å². The second kappa shape index (κ2) is 10.5. The fourth-order valence-corrected chi connectivity index (χ4v) is 3.98. The molecule has 0 aliphatic rings. The number of thiocarbonyl (C=S) groups is 1. The van der Waals surface area contributed by atoms with Crippen LogP contribution >= 0.6 is 51.3 Å². The van der Waals surface area contributed by atoms with Crippen molar-refractivity contribution < 1.29 is 13.9 Å². The lowest BCUT2D eigenvalue weighted by Crippen LogP contribution is -2.37. The number of halogens is 3. The van der Waals surface area contributed by atoms with Gasteiger partial charge in [-0.15, -0.1) is 0 Å². The Balaban J connectivity index is 1.29. The molecule has 0 radical (unpaired) electrons. The number of anilines is 1. The van der Waals surface area contributed by atoms with Crippen molar-refractivity contribution in [2.24, 2.45) is 0 Å². The molecule has 0 spiro atoms. The van der Waals surface area contributed by atoms with Gasteiger partial charge in [-0.1, -0.05) is 51.3 Å². The van der Waals surface area contributed by atoms with Gasteiger partial charge in [-0.2, -0.15) is 0 Å². The van der Waals surface area contributed by atoms with Crippen molar-refractivity contribution >= 4 is 79.2 Å². The zero-order valence-corrected chi connectivity index (χ0v) is 20.8. The third-order valence-electron chi connectivity index (χ3n) is 4.46. The predicted molar refractivity (Wildman–Crippen MR) is 137 cm³/mol. The maximum absolute atomic E-state index is 12.1. The standard InChI is InChI=1S/C23H16BrCl2N3O3S/c24-14-3-7-17(8-4-14)31-12-20(30)29-23(33)27-16-5-1-13(2-6-16)9-21-28-19-11-15(25)10-18(26)22(19)32-21/h1-8,10-11H,9,12H2,(H2,27,29,30,33). The molecule has 0 aliphatic carbocycles. The highest BCUT2D eigenvalue weighted by Crippen LogP contribution is 2.29. The van der Waals surface area contributed by atoms with Crippen molar-refractivity contribution in [3.8, 4) is 5.75 Å². The predicted octanol–water partition coefficient (Wildman–Crippen LogP) is 6.38. The van der Waals surface area contributed by atoms with Gasteiger partial charge in [0, 0.05) is 21.6 Å². The number of fused-ring (bicyclic) bond motifs is 1. The topological polar surface area (TPSA) is 76.4 Å². The van der Waals surface area contributed by atoms with Crippen LogP contribution < -0.4 is 15.4 Å². The highest BCUT2D eigenvalue weighted by molar-refractivity contribution is 9.10. The molecule has 0 unspecified atom stereocenters. The Morgan fingerprint density at radius 1 is 1.09 bits per heavy atom. The van der Waals surface area contributed by atoms with Crippen molar-refractivity contribution in [2.45, 2.75) is 6.42 Å². The van der Waals surface area contributed by atoms with Gasteiger partial charge < -0.3 is 14.5 Å². The molecule has 2 N–H and O–H groups in total. The molecule has 10 heteroatoms. The maximum atomic E-state index is 12.1. The number of ether oxygens (including phenoxy) is 1. The van der Waals surface area contributed by atoms with Gasteiger partial charge in [0.1, 0.15) is 11.3 Å². The fraction of sp³-hybridized carbons (Fsp3) is 0.0870. The van der Waals surface area contributed by atoms with Crippen molar-refractivity contribution in [1.29, 1.82) is 0 Å². The van der Waals surface area contributed by atoms with E-state index in [9.17, 15) is 4.79 Å². The second-order valence-electron chi connectivity index (χ2n) is 6.96. The van der Waals surface area contributed by atoms with Crippen LogP contribution in [0.5, 0.6) is 5.75 Å². The first kappa shape index (κ1) is 23.5. The highest BCUT2D eigenvalue weighted by Gasteiger charge is 2.11. The lowest BCUT2D eigenvalue weighted by atomic mass is 10.1. The van der Waals surface area contributed by atoms with Crippen LogP contribution in [0.4, 0.5) is 5.69 Å². The number of aromatic nitrogens is 1. The van der Waals surface area contributed by atoms with Crippen molar-refractivity contribution in [1.82, 2.24) is 10.3 Å². The Hall–Kier alpha value is -2.65. The molecule has 0 saturated heterocycles. The summed E-state index contributed by atoms with van der Waals surface area (Å²) in [7, 11) is 0. The van der Waals surface area contributed by atoms with E-state index in [4.69, 9.17) is 44.6 Å². The van der Waals surface area contributed by atoms with E-state index in [0.29, 0.717) is 39.2 Å². The molecule has 33 heavy (non-hydrogen) atoms. The summed E-state index contributed by atoms with van der Waals surface area (Å²) in [4.78, 5) is 16.5. The molecule has 0 aliphatic heterocycles. The SMILES string of the molecule is O=C(COc1ccc(Br)cc1)NC(=S)Nc1ccc(Cc2nc3cc(Cl)cc(Cl)c3o2)cc1. The van der Waals surface area contributed by atoms with Gasteiger partial charge in [-0.3, -0.25) is 10.1 Å². The number of amides is 1. The first-order valence-corrected chi connectivity index (χ1v) is 11.6. The van der Waals surface area contributed by atoms with Gasteiger partial charge in [-0.05, 0) is 66.3 Å². The molecule has 3 aromatic carbocycles. The third-order valence-corrected chi connectivity index (χ3v) is 5.69. The number of nitrogens with one attached hydrogen (secondary N) is 2. The minimum absolute atomic E-state index is 0.151. The molecule has 0 bridgehead atoms. The average molecular weight is 565 g/mol. The van der Waals surface area contributed by atoms with E-state index in [2.05, 4.69) is 31.5 Å². The molecule has 4 aromatic rings. The molecule has 168 valence electrons. The summed E-state index contributed by atoms with van der Waals surface area (Å²) in [5.41, 5.74) is 2.84. The zero-order chi connectivity index (χ0) is 23.4. The normalized spacial score (nSPS) is 10.8. The van der Waals surface area contributed by atoms with Crippen LogP contribution in [0.2, 0.25) is 10.0 Å². The summed E-state index contributed by atoms with van der Waals surface area (Å²) in [6.45, 7) is -0.151. The van der Waals surface area contributed by atoms with E-state index < -0.39 is 0 Å². The largest absolute Gasteiger partial charge is 0.484 e. The zero-order valence-electron chi connectivity index (χ0n) is 16.9. The van der Waals surface area contributed by atoms with Gasteiger partial charge in [-0.25, -0.2) is 4.98 Å². The lowest BCUT2D eigenvalue weighted by Gasteiger charge is -2.11. The number of hydrogen-bond acceptors (Lipinski definition) is 5. The van der Waals surface area contributed by atoms with Gasteiger partial charge >= 0.3 is 0 Å². The summed E-state index contributed by atoms with van der Waals surface area (Å²) < 4.78 is 12.1. The molecule has 1 amide bonds. The van der Waals surface area contributed by atoms with Crippen LogP contribution in [0.25, 0.3) is 11.1 Å². The molecule has 0 fully saturated rings. The molecular weight excluding hydrogens is 549 g/mol.